The molecule has 0 amide bonds. The molecule has 4 heteroatoms. The molecule has 2 rings (SSSR count). The Morgan fingerprint density at radius 3 is 2.21 bits per heavy atom. The minimum atomic E-state index is -0.512. The van der Waals surface area contributed by atoms with Crippen LogP contribution in [0, 0.1) is 0 Å². The Morgan fingerprint density at radius 1 is 0.842 bits per heavy atom. The lowest BCUT2D eigenvalue weighted by atomic mass is 9.92. The van der Waals surface area contributed by atoms with Crippen molar-refractivity contribution >= 4 is 0 Å². The molecule has 0 aliphatic rings. The van der Waals surface area contributed by atoms with E-state index in [0.717, 1.165) is 5.56 Å². The summed E-state index contributed by atoms with van der Waals surface area (Å²) in [6, 6.07) is 9.89. The van der Waals surface area contributed by atoms with Crippen molar-refractivity contribution in [1.29, 1.82) is 0 Å². The molecule has 0 aliphatic carbocycles. The van der Waals surface area contributed by atoms with Crippen LogP contribution in [-0.2, 0) is 6.42 Å². The molecular weight excluding hydrogens is 244 g/mol. The van der Waals surface area contributed by atoms with Gasteiger partial charge in [0.25, 0.3) is 0 Å². The van der Waals surface area contributed by atoms with Crippen LogP contribution in [0.25, 0.3) is 0 Å². The van der Waals surface area contributed by atoms with Gasteiger partial charge in [-0.3, -0.25) is 0 Å². The highest BCUT2D eigenvalue weighted by molar-refractivity contribution is 5.54. The summed E-state index contributed by atoms with van der Waals surface area (Å²) in [6.07, 6.45) is 0.518. The lowest BCUT2D eigenvalue weighted by Crippen LogP contribution is -1.99. The molecule has 0 heterocycles. The first-order valence-electron chi connectivity index (χ1n) is 6.01. The summed E-state index contributed by atoms with van der Waals surface area (Å²) in [7, 11) is 0. The van der Waals surface area contributed by atoms with Crippen LogP contribution in [0.3, 0.4) is 0 Å². The van der Waals surface area contributed by atoms with Gasteiger partial charge in [0.1, 0.15) is 5.75 Å². The Morgan fingerprint density at radius 2 is 1.53 bits per heavy atom. The predicted molar refractivity (Wildman–Crippen MR) is 71.7 cm³/mol. The maximum atomic E-state index is 9.82. The maximum Gasteiger partial charge on any atom is 0.200 e. The van der Waals surface area contributed by atoms with Crippen molar-refractivity contribution in [2.24, 2.45) is 0 Å². The maximum absolute atomic E-state index is 9.82. The Labute approximate surface area is 111 Å². The van der Waals surface area contributed by atoms with E-state index < -0.39 is 5.75 Å². The molecule has 4 nitrogen and oxygen atoms in total. The summed E-state index contributed by atoms with van der Waals surface area (Å²) in [4.78, 5) is 0. The number of phenolic OH excluding ortho intramolecular Hbond substituents is 4. The first-order valence-corrected chi connectivity index (χ1v) is 6.01. The van der Waals surface area contributed by atoms with Gasteiger partial charge >= 0.3 is 0 Å². The standard InChI is InChI=1S/C15H16O4/c1-9(8-10-4-2-3-5-12(10)16)11-6-7-13(17)15(19)14(11)18/h2-7,9,16-19H,8H2,1H3. The van der Waals surface area contributed by atoms with Gasteiger partial charge in [0.05, 0.1) is 0 Å². The third-order valence-corrected chi connectivity index (χ3v) is 3.21. The Bertz CT molecular complexity index is 593. The zero-order valence-electron chi connectivity index (χ0n) is 10.5. The highest BCUT2D eigenvalue weighted by Gasteiger charge is 2.17. The fourth-order valence-electron chi connectivity index (χ4n) is 2.11. The molecule has 19 heavy (non-hydrogen) atoms. The molecule has 0 bridgehead atoms. The van der Waals surface area contributed by atoms with Crippen LogP contribution in [0.2, 0.25) is 0 Å². The topological polar surface area (TPSA) is 80.9 Å². The third kappa shape index (κ3) is 2.57. The van der Waals surface area contributed by atoms with Gasteiger partial charge < -0.3 is 20.4 Å². The quantitative estimate of drug-likeness (QED) is 0.640. The Balaban J connectivity index is 2.28. The molecule has 0 saturated heterocycles. The molecule has 100 valence electrons. The molecule has 0 radical (unpaired) electrons. The van der Waals surface area contributed by atoms with Gasteiger partial charge in [-0.2, -0.15) is 0 Å². The van der Waals surface area contributed by atoms with E-state index in [0.29, 0.717) is 12.0 Å². The highest BCUT2D eigenvalue weighted by Crippen LogP contribution is 2.41. The predicted octanol–water partition coefficient (Wildman–Crippen LogP) is 2.86. The molecule has 2 aromatic rings. The average Bonchev–Trinajstić information content (AvgIpc) is 2.39. The second-order valence-electron chi connectivity index (χ2n) is 4.61. The van der Waals surface area contributed by atoms with Gasteiger partial charge in [0, 0.05) is 5.56 Å². The minimum absolute atomic E-state index is 0.111. The van der Waals surface area contributed by atoms with E-state index in [-0.39, 0.29) is 23.2 Å². The number of hydrogen-bond acceptors (Lipinski definition) is 4. The zero-order valence-corrected chi connectivity index (χ0v) is 10.5. The van der Waals surface area contributed by atoms with Crippen molar-refractivity contribution < 1.29 is 20.4 Å². The summed E-state index contributed by atoms with van der Waals surface area (Å²) in [5.74, 6) is -1.09. The zero-order chi connectivity index (χ0) is 14.0. The number of rotatable bonds is 3. The van der Waals surface area contributed by atoms with Crippen LogP contribution in [-0.4, -0.2) is 20.4 Å². The minimum Gasteiger partial charge on any atom is -0.508 e. The second-order valence-corrected chi connectivity index (χ2v) is 4.61. The van der Waals surface area contributed by atoms with Crippen molar-refractivity contribution in [3.05, 3.63) is 47.5 Å². The number of para-hydroxylation sites is 1. The normalized spacial score (nSPS) is 12.3. The van der Waals surface area contributed by atoms with E-state index in [4.69, 9.17) is 0 Å². The van der Waals surface area contributed by atoms with Gasteiger partial charge in [0.2, 0.25) is 5.75 Å². The van der Waals surface area contributed by atoms with Crippen molar-refractivity contribution in [1.82, 2.24) is 0 Å². The molecule has 0 spiro atoms. The summed E-state index contributed by atoms with van der Waals surface area (Å²) < 4.78 is 0. The summed E-state index contributed by atoms with van der Waals surface area (Å²) >= 11 is 0. The summed E-state index contributed by atoms with van der Waals surface area (Å²) in [5.41, 5.74) is 1.29. The largest absolute Gasteiger partial charge is 0.508 e. The van der Waals surface area contributed by atoms with Gasteiger partial charge in [0.15, 0.2) is 11.5 Å². The lowest BCUT2D eigenvalue weighted by Gasteiger charge is -2.15. The lowest BCUT2D eigenvalue weighted by molar-refractivity contribution is 0.363. The van der Waals surface area contributed by atoms with Crippen LogP contribution >= 0.6 is 0 Å². The van der Waals surface area contributed by atoms with Crippen molar-refractivity contribution in [3.8, 4) is 23.0 Å². The van der Waals surface area contributed by atoms with Crippen LogP contribution in [0.15, 0.2) is 36.4 Å². The van der Waals surface area contributed by atoms with E-state index in [1.54, 1.807) is 18.2 Å². The smallest absolute Gasteiger partial charge is 0.200 e. The molecule has 0 fully saturated rings. The van der Waals surface area contributed by atoms with E-state index in [1.165, 1.54) is 6.07 Å². The van der Waals surface area contributed by atoms with Gasteiger partial charge in [-0.05, 0) is 30.0 Å². The van der Waals surface area contributed by atoms with Crippen LogP contribution in [0.5, 0.6) is 23.0 Å². The van der Waals surface area contributed by atoms with E-state index in [1.807, 2.05) is 19.1 Å². The van der Waals surface area contributed by atoms with Crippen LogP contribution in [0.4, 0.5) is 0 Å². The highest BCUT2D eigenvalue weighted by atomic mass is 16.3. The molecule has 0 aromatic heterocycles. The molecule has 1 unspecified atom stereocenters. The molecular formula is C15H16O4. The number of benzene rings is 2. The SMILES string of the molecule is CC(Cc1ccccc1O)c1ccc(O)c(O)c1O. The van der Waals surface area contributed by atoms with Crippen molar-refractivity contribution in [2.75, 3.05) is 0 Å². The Kier molecular flexibility index (Phi) is 3.51. The number of hydrogen-bond donors (Lipinski definition) is 4. The fourth-order valence-corrected chi connectivity index (χ4v) is 2.11. The number of aromatic hydroxyl groups is 4. The third-order valence-electron chi connectivity index (χ3n) is 3.21. The second kappa shape index (κ2) is 5.10. The fraction of sp³-hybridized carbons (Fsp3) is 0.200. The summed E-state index contributed by atoms with van der Waals surface area (Å²) in [6.45, 7) is 1.87. The Hall–Kier alpha value is -2.36. The van der Waals surface area contributed by atoms with Crippen molar-refractivity contribution in [2.45, 2.75) is 19.3 Å². The monoisotopic (exact) mass is 260 g/mol. The molecule has 1 atom stereocenters. The first-order chi connectivity index (χ1) is 9.00. The molecule has 0 saturated carbocycles. The number of phenols is 4. The van der Waals surface area contributed by atoms with Crippen LogP contribution < -0.4 is 0 Å². The molecule has 0 aliphatic heterocycles. The first kappa shape index (κ1) is 13.1. The van der Waals surface area contributed by atoms with E-state index >= 15 is 0 Å². The van der Waals surface area contributed by atoms with Gasteiger partial charge in [-0.15, -0.1) is 0 Å². The van der Waals surface area contributed by atoms with Gasteiger partial charge in [-0.25, -0.2) is 0 Å². The van der Waals surface area contributed by atoms with E-state index in [9.17, 15) is 20.4 Å². The molecule has 4 N–H and O–H groups in total. The summed E-state index contributed by atoms with van der Waals surface area (Å²) in [5, 5.41) is 38.3. The van der Waals surface area contributed by atoms with Crippen molar-refractivity contribution in [3.63, 3.8) is 0 Å². The van der Waals surface area contributed by atoms with Gasteiger partial charge in [-0.1, -0.05) is 31.2 Å². The molecule has 2 aromatic carbocycles. The van der Waals surface area contributed by atoms with E-state index in [2.05, 4.69) is 0 Å². The van der Waals surface area contributed by atoms with Crippen LogP contribution in [0.1, 0.15) is 24.0 Å². The average molecular weight is 260 g/mol.